The Bertz CT molecular complexity index is 709. The van der Waals surface area contributed by atoms with E-state index in [9.17, 15) is 9.90 Å². The number of hydrogen-bond acceptors (Lipinski definition) is 4. The number of phenolic OH excluding ortho intramolecular Hbond substituents is 1. The van der Waals surface area contributed by atoms with Crippen molar-refractivity contribution in [2.24, 2.45) is 0 Å². The first kappa shape index (κ1) is 16.5. The van der Waals surface area contributed by atoms with E-state index in [0.717, 1.165) is 25.3 Å². The quantitative estimate of drug-likeness (QED) is 0.913. The number of carbonyl (C=O) groups is 1. The number of aromatic hydroxyl groups is 1. The summed E-state index contributed by atoms with van der Waals surface area (Å²) in [6, 6.07) is 8.65. The highest BCUT2D eigenvalue weighted by molar-refractivity contribution is 5.94. The second kappa shape index (κ2) is 7.05. The second-order valence-electron chi connectivity index (χ2n) is 6.14. The molecule has 0 unspecified atom stereocenters. The van der Waals surface area contributed by atoms with Crippen LogP contribution in [0.4, 0.5) is 0 Å². The highest BCUT2D eigenvalue weighted by Crippen LogP contribution is 2.23. The van der Waals surface area contributed by atoms with Gasteiger partial charge in [-0.25, -0.2) is 0 Å². The molecule has 1 aliphatic heterocycles. The van der Waals surface area contributed by atoms with Gasteiger partial charge < -0.3 is 14.9 Å². The minimum atomic E-state index is -0.0529. The van der Waals surface area contributed by atoms with Gasteiger partial charge in [-0.05, 0) is 37.4 Å². The van der Waals surface area contributed by atoms with Crippen molar-refractivity contribution in [3.8, 4) is 5.75 Å². The average Bonchev–Trinajstić information content (AvgIpc) is 3.07. The summed E-state index contributed by atoms with van der Waals surface area (Å²) in [5.74, 6) is 0.0606. The predicted octanol–water partition coefficient (Wildman–Crippen LogP) is 2.13. The number of benzene rings is 1. The zero-order valence-electron chi connectivity index (χ0n) is 14.2. The summed E-state index contributed by atoms with van der Waals surface area (Å²) in [5.41, 5.74) is 1.57. The molecule has 24 heavy (non-hydrogen) atoms. The van der Waals surface area contributed by atoms with Crippen molar-refractivity contribution in [1.82, 2.24) is 19.6 Å². The summed E-state index contributed by atoms with van der Waals surface area (Å²) in [4.78, 5) is 17.0. The Hall–Kier alpha value is -2.34. The zero-order chi connectivity index (χ0) is 17.1. The van der Waals surface area contributed by atoms with E-state index in [1.54, 1.807) is 24.4 Å². The molecular weight excluding hydrogens is 304 g/mol. The fraction of sp³-hybridized carbons (Fsp3) is 0.444. The van der Waals surface area contributed by atoms with Gasteiger partial charge >= 0.3 is 0 Å². The van der Waals surface area contributed by atoms with Crippen LogP contribution in [0.5, 0.6) is 5.75 Å². The first-order valence-corrected chi connectivity index (χ1v) is 8.45. The van der Waals surface area contributed by atoms with Crippen molar-refractivity contribution in [2.45, 2.75) is 26.4 Å². The molecule has 1 atom stereocenters. The molecule has 6 nitrogen and oxygen atoms in total. The van der Waals surface area contributed by atoms with E-state index >= 15 is 0 Å². The van der Waals surface area contributed by atoms with Gasteiger partial charge in [0.2, 0.25) is 0 Å². The van der Waals surface area contributed by atoms with Crippen LogP contribution in [0.2, 0.25) is 0 Å². The molecule has 0 saturated heterocycles. The Morgan fingerprint density at radius 2 is 2.12 bits per heavy atom. The molecule has 6 heteroatoms. The molecule has 1 amide bonds. The smallest absolute Gasteiger partial charge is 0.254 e. The minimum absolute atomic E-state index is 0.0529. The van der Waals surface area contributed by atoms with Gasteiger partial charge in [0.1, 0.15) is 5.75 Å². The zero-order valence-corrected chi connectivity index (χ0v) is 14.2. The topological polar surface area (TPSA) is 61.6 Å². The maximum Gasteiger partial charge on any atom is 0.254 e. The van der Waals surface area contributed by atoms with E-state index < -0.39 is 0 Å². The van der Waals surface area contributed by atoms with E-state index in [2.05, 4.69) is 23.8 Å². The van der Waals surface area contributed by atoms with Gasteiger partial charge in [-0.1, -0.05) is 19.9 Å². The molecule has 1 aromatic carbocycles. The fourth-order valence-electron chi connectivity index (χ4n) is 3.28. The number of carbonyl (C=O) groups excluding carboxylic acids is 1. The molecule has 0 spiro atoms. The van der Waals surface area contributed by atoms with E-state index in [1.165, 1.54) is 6.07 Å². The predicted molar refractivity (Wildman–Crippen MR) is 91.9 cm³/mol. The molecule has 0 fully saturated rings. The maximum atomic E-state index is 12.8. The number of rotatable bonds is 5. The summed E-state index contributed by atoms with van der Waals surface area (Å²) >= 11 is 0. The fourth-order valence-corrected chi connectivity index (χ4v) is 3.28. The lowest BCUT2D eigenvalue weighted by Crippen LogP contribution is -2.45. The van der Waals surface area contributed by atoms with Gasteiger partial charge in [0, 0.05) is 24.8 Å². The van der Waals surface area contributed by atoms with Gasteiger partial charge in [-0.15, -0.1) is 0 Å². The molecule has 128 valence electrons. The third-order valence-corrected chi connectivity index (χ3v) is 4.63. The molecule has 1 aliphatic rings. The van der Waals surface area contributed by atoms with Gasteiger partial charge in [0.25, 0.3) is 5.91 Å². The molecule has 1 N–H and O–H groups in total. The summed E-state index contributed by atoms with van der Waals surface area (Å²) in [5, 5.41) is 14.1. The van der Waals surface area contributed by atoms with Crippen LogP contribution in [0, 0.1) is 0 Å². The Morgan fingerprint density at radius 1 is 1.33 bits per heavy atom. The summed E-state index contributed by atoms with van der Waals surface area (Å²) in [6.45, 7) is 8.28. The van der Waals surface area contributed by atoms with Crippen molar-refractivity contribution in [2.75, 3.05) is 26.2 Å². The normalized spacial score (nSPS) is 17.1. The van der Waals surface area contributed by atoms with Crippen molar-refractivity contribution < 1.29 is 9.90 Å². The second-order valence-corrected chi connectivity index (χ2v) is 6.14. The van der Waals surface area contributed by atoms with E-state index in [4.69, 9.17) is 0 Å². The number of aromatic nitrogens is 2. The minimum Gasteiger partial charge on any atom is -0.508 e. The standard InChI is InChI=1S/C18H24N4O2/c1-3-20(4-2)11-16-13-21(12-15-8-9-19-22(15)16)18(24)14-6-5-7-17(23)10-14/h5-10,16,23H,3-4,11-13H2,1-2H3/t16-/m0/s1. The first-order chi connectivity index (χ1) is 11.6. The number of likely N-dealkylation sites (N-methyl/N-ethyl adjacent to an activating group) is 1. The van der Waals surface area contributed by atoms with Gasteiger partial charge in [-0.3, -0.25) is 9.48 Å². The molecule has 2 heterocycles. The number of hydrogen-bond donors (Lipinski definition) is 1. The SMILES string of the molecule is CCN(CC)C[C@H]1CN(C(=O)c2cccc(O)c2)Cc2ccnn21. The van der Waals surface area contributed by atoms with Crippen LogP contribution in [-0.2, 0) is 6.54 Å². The monoisotopic (exact) mass is 328 g/mol. The summed E-state index contributed by atoms with van der Waals surface area (Å²) in [6.07, 6.45) is 1.80. The van der Waals surface area contributed by atoms with Crippen LogP contribution in [-0.4, -0.2) is 56.8 Å². The van der Waals surface area contributed by atoms with Crippen molar-refractivity contribution in [3.63, 3.8) is 0 Å². The van der Waals surface area contributed by atoms with Crippen molar-refractivity contribution >= 4 is 5.91 Å². The Labute approximate surface area is 142 Å². The van der Waals surface area contributed by atoms with E-state index in [0.29, 0.717) is 18.7 Å². The molecule has 0 saturated carbocycles. The van der Waals surface area contributed by atoms with Crippen molar-refractivity contribution in [3.05, 3.63) is 47.8 Å². The number of fused-ring (bicyclic) bond motifs is 1. The van der Waals surface area contributed by atoms with E-state index in [1.807, 2.05) is 15.6 Å². The highest BCUT2D eigenvalue weighted by atomic mass is 16.3. The van der Waals surface area contributed by atoms with Gasteiger partial charge in [0.15, 0.2) is 0 Å². The lowest BCUT2D eigenvalue weighted by Gasteiger charge is -2.36. The number of phenols is 1. The molecule has 0 aliphatic carbocycles. The third kappa shape index (κ3) is 3.28. The molecule has 0 radical (unpaired) electrons. The van der Waals surface area contributed by atoms with Crippen LogP contribution >= 0.6 is 0 Å². The molecule has 3 rings (SSSR count). The highest BCUT2D eigenvalue weighted by Gasteiger charge is 2.29. The van der Waals surface area contributed by atoms with Gasteiger partial charge in [-0.2, -0.15) is 5.10 Å². The first-order valence-electron chi connectivity index (χ1n) is 8.45. The van der Waals surface area contributed by atoms with Crippen LogP contribution in [0.1, 0.15) is 35.9 Å². The van der Waals surface area contributed by atoms with Crippen molar-refractivity contribution in [1.29, 1.82) is 0 Å². The largest absolute Gasteiger partial charge is 0.508 e. The van der Waals surface area contributed by atoms with E-state index in [-0.39, 0.29) is 17.7 Å². The van der Waals surface area contributed by atoms with Crippen LogP contribution in [0.25, 0.3) is 0 Å². The summed E-state index contributed by atoms with van der Waals surface area (Å²) in [7, 11) is 0. The molecule has 2 aromatic rings. The number of amides is 1. The Kier molecular flexibility index (Phi) is 4.85. The molecular formula is C18H24N4O2. The van der Waals surface area contributed by atoms with Crippen LogP contribution in [0.3, 0.4) is 0 Å². The number of nitrogens with zero attached hydrogens (tertiary/aromatic N) is 4. The van der Waals surface area contributed by atoms with Gasteiger partial charge in [0.05, 0.1) is 18.3 Å². The Morgan fingerprint density at radius 3 is 2.83 bits per heavy atom. The lowest BCUT2D eigenvalue weighted by molar-refractivity contribution is 0.0642. The average molecular weight is 328 g/mol. The third-order valence-electron chi connectivity index (χ3n) is 4.63. The van der Waals surface area contributed by atoms with Crippen LogP contribution in [0.15, 0.2) is 36.5 Å². The molecule has 0 bridgehead atoms. The summed E-state index contributed by atoms with van der Waals surface area (Å²) < 4.78 is 2.05. The Balaban J connectivity index is 1.82. The maximum absolute atomic E-state index is 12.8. The molecule has 1 aromatic heterocycles. The lowest BCUT2D eigenvalue weighted by atomic mass is 10.1. The van der Waals surface area contributed by atoms with Crippen LogP contribution < -0.4 is 0 Å².